The molecule has 7 N–H and O–H groups in total. The molecule has 0 aromatic heterocycles. The number of urea groups is 1. The van der Waals surface area contributed by atoms with Crippen LogP contribution in [0.3, 0.4) is 0 Å². The lowest BCUT2D eigenvalue weighted by molar-refractivity contribution is -0.133. The molecule has 0 radical (unpaired) electrons. The fourth-order valence-electron chi connectivity index (χ4n) is 3.78. The van der Waals surface area contributed by atoms with Gasteiger partial charge in [-0.25, -0.2) is 9.59 Å². The third-order valence-corrected chi connectivity index (χ3v) is 6.59. The lowest BCUT2D eigenvalue weighted by Gasteiger charge is -2.22. The highest BCUT2D eigenvalue weighted by Gasteiger charge is 2.26. The van der Waals surface area contributed by atoms with Gasteiger partial charge in [-0.2, -0.15) is 0 Å². The highest BCUT2D eigenvalue weighted by atomic mass is 16.5. The predicted octanol–water partition coefficient (Wildman–Crippen LogP) is 4.90. The first-order valence-corrected chi connectivity index (χ1v) is 18.2. The number of benzene rings is 1. The van der Waals surface area contributed by atoms with Crippen LogP contribution in [0.2, 0.25) is 0 Å². The van der Waals surface area contributed by atoms with Crippen molar-refractivity contribution < 1.29 is 38.3 Å². The van der Waals surface area contributed by atoms with Crippen LogP contribution in [0.1, 0.15) is 88.1 Å². The molecular formula is C39H63N7O8. The second-order valence-corrected chi connectivity index (χ2v) is 12.9. The van der Waals surface area contributed by atoms with E-state index in [9.17, 15) is 33.6 Å². The van der Waals surface area contributed by atoms with E-state index < -0.39 is 53.6 Å². The number of hydrogen-bond donors (Lipinski definition) is 6. The molecule has 0 spiro atoms. The van der Waals surface area contributed by atoms with E-state index in [0.717, 1.165) is 16.9 Å². The second kappa shape index (κ2) is 28.1. The molecule has 54 heavy (non-hydrogen) atoms. The molecule has 0 saturated heterocycles. The lowest BCUT2D eigenvalue weighted by Crippen LogP contribution is -2.51. The van der Waals surface area contributed by atoms with Crippen LogP contribution in [0.15, 0.2) is 60.8 Å². The summed E-state index contributed by atoms with van der Waals surface area (Å²) in [5.41, 5.74) is 5.91. The van der Waals surface area contributed by atoms with Crippen molar-refractivity contribution >= 4 is 47.3 Å². The Morgan fingerprint density at radius 2 is 1.43 bits per heavy atom. The number of primary amides is 1. The van der Waals surface area contributed by atoms with Gasteiger partial charge in [0.05, 0.1) is 12.5 Å². The van der Waals surface area contributed by atoms with Crippen molar-refractivity contribution in [1.29, 1.82) is 0 Å². The van der Waals surface area contributed by atoms with Crippen molar-refractivity contribution in [2.45, 2.75) is 95.2 Å². The number of imide groups is 1. The molecule has 15 heteroatoms. The average Bonchev–Trinajstić information content (AvgIpc) is 3.46. The van der Waals surface area contributed by atoms with Crippen molar-refractivity contribution in [1.82, 2.24) is 26.2 Å². The first-order chi connectivity index (χ1) is 25.4. The van der Waals surface area contributed by atoms with Crippen LogP contribution in [0.5, 0.6) is 0 Å². The molecule has 1 aliphatic rings. The number of nitrogens with two attached hydrogens (primary N) is 1. The maximum Gasteiger partial charge on any atom is 0.407 e. The van der Waals surface area contributed by atoms with Crippen molar-refractivity contribution in [3.63, 3.8) is 0 Å². The van der Waals surface area contributed by atoms with Gasteiger partial charge in [-0.05, 0) is 41.5 Å². The molecule has 0 saturated carbocycles. The number of nitrogens with one attached hydrogen (secondary N) is 5. The maximum absolute atomic E-state index is 12.8. The van der Waals surface area contributed by atoms with Crippen LogP contribution >= 0.6 is 0 Å². The fourth-order valence-corrected chi connectivity index (χ4v) is 3.78. The molecule has 0 bridgehead atoms. The van der Waals surface area contributed by atoms with Crippen molar-refractivity contribution in [2.24, 2.45) is 23.0 Å². The molecule has 0 aliphatic carbocycles. The average molecular weight is 758 g/mol. The van der Waals surface area contributed by atoms with Crippen LogP contribution in [0.4, 0.5) is 15.3 Å². The van der Waals surface area contributed by atoms with E-state index in [1.165, 1.54) is 30.5 Å². The van der Waals surface area contributed by atoms with Gasteiger partial charge in [0.2, 0.25) is 17.7 Å². The van der Waals surface area contributed by atoms with Gasteiger partial charge in [-0.1, -0.05) is 100 Å². The molecule has 1 heterocycles. The van der Waals surface area contributed by atoms with Gasteiger partial charge in [-0.3, -0.25) is 28.9 Å². The Morgan fingerprint density at radius 3 is 1.91 bits per heavy atom. The van der Waals surface area contributed by atoms with Gasteiger partial charge in [0, 0.05) is 37.1 Å². The minimum absolute atomic E-state index is 0.0582. The number of rotatable bonds is 15. The van der Waals surface area contributed by atoms with Gasteiger partial charge in [0.1, 0.15) is 12.6 Å². The first-order valence-electron chi connectivity index (χ1n) is 18.2. The molecule has 15 nitrogen and oxygen atoms in total. The number of hydrogen-bond acceptors (Lipinski definition) is 8. The highest BCUT2D eigenvalue weighted by Crippen LogP contribution is 2.12. The van der Waals surface area contributed by atoms with Crippen molar-refractivity contribution in [3.8, 4) is 0 Å². The summed E-state index contributed by atoms with van der Waals surface area (Å²) >= 11 is 0. The molecular weight excluding hydrogens is 694 g/mol. The Kier molecular flexibility index (Phi) is 26.3. The van der Waals surface area contributed by atoms with E-state index >= 15 is 0 Å². The molecule has 0 fully saturated rings. The maximum atomic E-state index is 12.8. The number of carbonyl (C=O) groups is 7. The Balaban J connectivity index is 0. The van der Waals surface area contributed by atoms with Crippen molar-refractivity contribution in [3.05, 3.63) is 66.4 Å². The van der Waals surface area contributed by atoms with E-state index in [4.69, 9.17) is 10.5 Å². The van der Waals surface area contributed by atoms with Crippen LogP contribution in [0.25, 0.3) is 0 Å². The van der Waals surface area contributed by atoms with Crippen molar-refractivity contribution in [2.75, 3.05) is 25.0 Å². The largest absolute Gasteiger partial charge is 0.445 e. The van der Waals surface area contributed by atoms with E-state index in [0.29, 0.717) is 18.8 Å². The van der Waals surface area contributed by atoms with Crippen LogP contribution in [0, 0.1) is 17.3 Å². The van der Waals surface area contributed by atoms with Crippen LogP contribution in [-0.2, 0) is 35.3 Å². The summed E-state index contributed by atoms with van der Waals surface area (Å²) in [6, 6.07) is 5.42. The number of nitrogens with zero attached hydrogens (tertiary/aromatic N) is 1. The summed E-state index contributed by atoms with van der Waals surface area (Å²) in [6.45, 7) is 22.1. The molecule has 1 aromatic rings. The molecule has 302 valence electrons. The number of anilines is 1. The molecule has 2 unspecified atom stereocenters. The quantitative estimate of drug-likeness (QED) is 0.107. The Morgan fingerprint density at radius 1 is 0.852 bits per heavy atom. The summed E-state index contributed by atoms with van der Waals surface area (Å²) in [5.74, 6) is -3.14. The summed E-state index contributed by atoms with van der Waals surface area (Å²) in [7, 11) is 0. The monoisotopic (exact) mass is 757 g/mol. The number of allylic oxidation sites excluding steroid dienone is 2. The fraction of sp³-hybridized carbons (Fsp3) is 0.513. The Bertz CT molecular complexity index is 1410. The normalized spacial score (nSPS) is 13.0. The van der Waals surface area contributed by atoms with Gasteiger partial charge in [0.15, 0.2) is 0 Å². The van der Waals surface area contributed by atoms with Gasteiger partial charge in [-0.15, -0.1) is 0 Å². The van der Waals surface area contributed by atoms with E-state index in [1.807, 2.05) is 55.4 Å². The van der Waals surface area contributed by atoms with Gasteiger partial charge >= 0.3 is 12.1 Å². The molecule has 2 atom stereocenters. The molecule has 8 amide bonds. The van der Waals surface area contributed by atoms with Gasteiger partial charge in [0.25, 0.3) is 11.8 Å². The van der Waals surface area contributed by atoms with Crippen LogP contribution in [-0.4, -0.2) is 72.2 Å². The minimum atomic E-state index is -0.877. The minimum Gasteiger partial charge on any atom is -0.445 e. The lowest BCUT2D eigenvalue weighted by atomic mass is 9.97. The zero-order valence-electron chi connectivity index (χ0n) is 33.8. The number of amides is 8. The van der Waals surface area contributed by atoms with Gasteiger partial charge < -0.3 is 37.1 Å². The summed E-state index contributed by atoms with van der Waals surface area (Å²) in [5, 5.41) is 13.1. The third kappa shape index (κ3) is 23.2. The molecule has 2 rings (SSSR count). The Labute approximate surface area is 321 Å². The SMILES string of the molecule is CC.CC.CC(/C=C/C=C/N1C(=O)C=CC1=O)C(=O)NC(C(=O)NCC(=O)Nc1ccc(COC(=O)NCC(C)(C)C)cc1)C(C)C.CCCNC(N)=O. The topological polar surface area (TPSA) is 218 Å². The first kappa shape index (κ1) is 50.6. The summed E-state index contributed by atoms with van der Waals surface area (Å²) in [6.07, 6.45) is 8.62. The standard InChI is InChI=1S/C31H41N5O7.C4H10N2O.2C2H6/c1-20(2)27(35-28(40)21(3)9-7-8-16-36-25(38)14-15-26(36)39)29(41)32-17-24(37)34-23-12-10-22(11-13-23)18-43-30(42)33-19-31(4,5)6;1-2-3-6-4(5)7;2*1-2/h7-16,20-21,27H,17-19H2,1-6H3,(H,32,41)(H,33,42)(H,34,37)(H,35,40);2-3H2,1H3,(H3,5,6,7);2*1-2H3/b9-7+,16-8+;;;. The zero-order chi connectivity index (χ0) is 41.9. The second-order valence-electron chi connectivity index (χ2n) is 12.9. The summed E-state index contributed by atoms with van der Waals surface area (Å²) in [4.78, 5) is 83.6. The number of alkyl carbamates (subject to hydrolysis) is 1. The summed E-state index contributed by atoms with van der Waals surface area (Å²) < 4.78 is 5.20. The smallest absolute Gasteiger partial charge is 0.407 e. The molecule has 1 aromatic carbocycles. The Hall–Kier alpha value is -5.47. The highest BCUT2D eigenvalue weighted by molar-refractivity contribution is 6.13. The molecule has 1 aliphatic heterocycles. The van der Waals surface area contributed by atoms with E-state index in [-0.39, 0.29) is 24.5 Å². The van der Waals surface area contributed by atoms with Crippen LogP contribution < -0.4 is 32.3 Å². The van der Waals surface area contributed by atoms with E-state index in [2.05, 4.69) is 26.6 Å². The zero-order valence-corrected chi connectivity index (χ0v) is 33.8. The van der Waals surface area contributed by atoms with E-state index in [1.54, 1.807) is 51.1 Å². The number of carbonyl (C=O) groups excluding carboxylic acids is 7. The predicted molar refractivity (Wildman–Crippen MR) is 212 cm³/mol. The third-order valence-electron chi connectivity index (χ3n) is 6.59. The number of ether oxygens (including phenoxy) is 1.